The van der Waals surface area contributed by atoms with Crippen LogP contribution in [-0.4, -0.2) is 23.7 Å². The first-order valence-corrected chi connectivity index (χ1v) is 6.23. The molecule has 5 heteroatoms. The molecule has 0 saturated carbocycles. The maximum absolute atomic E-state index is 11.9. The van der Waals surface area contributed by atoms with E-state index in [1.54, 1.807) is 25.1 Å². The maximum atomic E-state index is 11.9. The van der Waals surface area contributed by atoms with Crippen LogP contribution in [0, 0.1) is 0 Å². The third-order valence-corrected chi connectivity index (χ3v) is 3.33. The predicted octanol–water partition coefficient (Wildman–Crippen LogP) is 1.51. The lowest BCUT2D eigenvalue weighted by molar-refractivity contribution is -0.176. The molecular weight excluding hydrogens is 260 g/mol. The number of hydrogen-bond acceptors (Lipinski definition) is 5. The number of carbonyl (C=O) groups excluding carboxylic acids is 2. The van der Waals surface area contributed by atoms with Crippen molar-refractivity contribution in [1.82, 2.24) is 0 Å². The van der Waals surface area contributed by atoms with Gasteiger partial charge in [-0.05, 0) is 12.3 Å². The highest BCUT2D eigenvalue weighted by Crippen LogP contribution is 2.43. The first kappa shape index (κ1) is 12.6. The van der Waals surface area contributed by atoms with Gasteiger partial charge in [0.15, 0.2) is 0 Å². The fourth-order valence-corrected chi connectivity index (χ4v) is 2.34. The molecule has 0 aliphatic carbocycles. The first-order valence-electron chi connectivity index (χ1n) is 6.23. The molecule has 2 aromatic carbocycles. The predicted molar refractivity (Wildman–Crippen MR) is 70.1 cm³/mol. The summed E-state index contributed by atoms with van der Waals surface area (Å²) in [4.78, 5) is 23.8. The Hall–Kier alpha value is -2.40. The smallest absolute Gasteiger partial charge is 0.360 e. The van der Waals surface area contributed by atoms with E-state index in [1.807, 2.05) is 12.1 Å². The molecule has 0 fully saturated rings. The molecule has 1 aliphatic rings. The van der Waals surface area contributed by atoms with Crippen LogP contribution in [0.3, 0.4) is 0 Å². The number of benzene rings is 2. The molecular formula is C15H12O5. The van der Waals surface area contributed by atoms with E-state index < -0.39 is 17.5 Å². The van der Waals surface area contributed by atoms with Crippen molar-refractivity contribution in [2.75, 3.05) is 6.61 Å². The van der Waals surface area contributed by atoms with E-state index in [1.165, 1.54) is 6.07 Å². The monoisotopic (exact) mass is 272 g/mol. The molecule has 5 nitrogen and oxygen atoms in total. The normalized spacial score (nSPS) is 20.6. The Morgan fingerprint density at radius 3 is 2.80 bits per heavy atom. The van der Waals surface area contributed by atoms with E-state index in [0.29, 0.717) is 5.39 Å². The largest absolute Gasteiger partial charge is 0.463 e. The summed E-state index contributed by atoms with van der Waals surface area (Å²) in [6.45, 7) is 1.67. The van der Waals surface area contributed by atoms with E-state index in [0.717, 1.165) is 5.39 Å². The van der Waals surface area contributed by atoms with Crippen LogP contribution in [0.2, 0.25) is 0 Å². The Morgan fingerprint density at radius 2 is 2.05 bits per heavy atom. The van der Waals surface area contributed by atoms with Crippen LogP contribution in [0.1, 0.15) is 12.5 Å². The summed E-state index contributed by atoms with van der Waals surface area (Å²) in [5.74, 6) is -1.83. The van der Waals surface area contributed by atoms with Crippen LogP contribution in [-0.2, 0) is 19.9 Å². The van der Waals surface area contributed by atoms with Crippen molar-refractivity contribution < 1.29 is 24.2 Å². The zero-order chi connectivity index (χ0) is 14.3. The molecule has 0 spiro atoms. The quantitative estimate of drug-likeness (QED) is 0.509. The number of fused-ring (bicyclic) bond motifs is 3. The van der Waals surface area contributed by atoms with E-state index in [9.17, 15) is 14.7 Å². The Balaban J connectivity index is 2.23. The summed E-state index contributed by atoms with van der Waals surface area (Å²) in [6, 6.07) is 10.5. The fourth-order valence-electron chi connectivity index (χ4n) is 2.34. The van der Waals surface area contributed by atoms with Gasteiger partial charge in [0.1, 0.15) is 5.75 Å². The SMILES string of the molecule is CCOC(=O)C1(O)C(=O)Oc2c1ccc1ccccc21. The minimum absolute atomic E-state index is 0.0668. The molecule has 1 atom stereocenters. The number of ether oxygens (including phenoxy) is 2. The molecule has 0 amide bonds. The number of aliphatic hydroxyl groups is 1. The van der Waals surface area contributed by atoms with Gasteiger partial charge in [0.25, 0.3) is 5.60 Å². The van der Waals surface area contributed by atoms with Crippen molar-refractivity contribution in [2.45, 2.75) is 12.5 Å². The molecule has 2 aromatic rings. The van der Waals surface area contributed by atoms with Gasteiger partial charge < -0.3 is 14.6 Å². The van der Waals surface area contributed by atoms with Gasteiger partial charge in [-0.3, -0.25) is 0 Å². The highest BCUT2D eigenvalue weighted by Gasteiger charge is 2.56. The summed E-state index contributed by atoms with van der Waals surface area (Å²) >= 11 is 0. The Kier molecular flexibility index (Phi) is 2.72. The summed E-state index contributed by atoms with van der Waals surface area (Å²) in [6.07, 6.45) is 0. The molecule has 1 unspecified atom stereocenters. The van der Waals surface area contributed by atoms with E-state index in [4.69, 9.17) is 9.47 Å². The molecule has 102 valence electrons. The number of esters is 2. The molecule has 0 bridgehead atoms. The van der Waals surface area contributed by atoms with Crippen LogP contribution in [0.5, 0.6) is 5.75 Å². The van der Waals surface area contributed by atoms with Crippen LogP contribution in [0.4, 0.5) is 0 Å². The summed E-state index contributed by atoms with van der Waals surface area (Å²) in [5.41, 5.74) is -2.25. The topological polar surface area (TPSA) is 72.8 Å². The maximum Gasteiger partial charge on any atom is 0.360 e. The second kappa shape index (κ2) is 4.31. The lowest BCUT2D eigenvalue weighted by atomic mass is 9.93. The summed E-state index contributed by atoms with van der Waals surface area (Å²) in [5, 5.41) is 11.9. The second-order valence-electron chi connectivity index (χ2n) is 4.48. The van der Waals surface area contributed by atoms with Gasteiger partial charge >= 0.3 is 11.9 Å². The van der Waals surface area contributed by atoms with E-state index in [-0.39, 0.29) is 17.9 Å². The van der Waals surface area contributed by atoms with Gasteiger partial charge in [0.05, 0.1) is 12.2 Å². The van der Waals surface area contributed by atoms with Crippen LogP contribution < -0.4 is 4.74 Å². The zero-order valence-corrected chi connectivity index (χ0v) is 10.8. The van der Waals surface area contributed by atoms with E-state index >= 15 is 0 Å². The number of hydrogen-bond donors (Lipinski definition) is 1. The van der Waals surface area contributed by atoms with Crippen molar-refractivity contribution in [1.29, 1.82) is 0 Å². The average Bonchev–Trinajstić information content (AvgIpc) is 2.73. The lowest BCUT2D eigenvalue weighted by Gasteiger charge is -2.16. The van der Waals surface area contributed by atoms with Gasteiger partial charge in [-0.1, -0.05) is 36.4 Å². The number of rotatable bonds is 2. The first-order chi connectivity index (χ1) is 9.59. The Labute approximate surface area is 114 Å². The standard InChI is InChI=1S/C15H12O5/c1-2-19-13(16)15(18)11-8-7-9-5-3-4-6-10(9)12(11)20-14(15)17/h3-8,18H,2H2,1H3. The highest BCUT2D eigenvalue weighted by molar-refractivity contribution is 6.11. The van der Waals surface area contributed by atoms with E-state index in [2.05, 4.69) is 0 Å². The molecule has 1 heterocycles. The summed E-state index contributed by atoms with van der Waals surface area (Å²) < 4.78 is 9.89. The van der Waals surface area contributed by atoms with Crippen molar-refractivity contribution in [3.8, 4) is 5.75 Å². The third-order valence-electron chi connectivity index (χ3n) is 3.33. The molecule has 3 rings (SSSR count). The van der Waals surface area contributed by atoms with Gasteiger partial charge in [0.2, 0.25) is 0 Å². The second-order valence-corrected chi connectivity index (χ2v) is 4.48. The molecule has 0 radical (unpaired) electrons. The van der Waals surface area contributed by atoms with Crippen molar-refractivity contribution in [3.63, 3.8) is 0 Å². The van der Waals surface area contributed by atoms with Crippen LogP contribution in [0.25, 0.3) is 10.8 Å². The van der Waals surface area contributed by atoms with Crippen molar-refractivity contribution in [3.05, 3.63) is 42.0 Å². The lowest BCUT2D eigenvalue weighted by Crippen LogP contribution is -2.43. The van der Waals surface area contributed by atoms with Gasteiger partial charge in [0, 0.05) is 5.39 Å². The summed E-state index contributed by atoms with van der Waals surface area (Å²) in [7, 11) is 0. The van der Waals surface area contributed by atoms with Crippen molar-refractivity contribution >= 4 is 22.7 Å². The minimum atomic E-state index is -2.38. The van der Waals surface area contributed by atoms with Crippen LogP contribution in [0.15, 0.2) is 36.4 Å². The minimum Gasteiger partial charge on any atom is -0.463 e. The molecule has 0 aromatic heterocycles. The van der Waals surface area contributed by atoms with Gasteiger partial charge in [-0.2, -0.15) is 0 Å². The fraction of sp³-hybridized carbons (Fsp3) is 0.200. The highest BCUT2D eigenvalue weighted by atomic mass is 16.6. The zero-order valence-electron chi connectivity index (χ0n) is 10.8. The molecule has 0 saturated heterocycles. The van der Waals surface area contributed by atoms with Crippen molar-refractivity contribution in [2.24, 2.45) is 0 Å². The average molecular weight is 272 g/mol. The Morgan fingerprint density at radius 1 is 1.30 bits per heavy atom. The van der Waals surface area contributed by atoms with Gasteiger partial charge in [-0.25, -0.2) is 9.59 Å². The van der Waals surface area contributed by atoms with Crippen LogP contribution >= 0.6 is 0 Å². The van der Waals surface area contributed by atoms with Gasteiger partial charge in [-0.15, -0.1) is 0 Å². The molecule has 1 N–H and O–H groups in total. The molecule has 20 heavy (non-hydrogen) atoms. The Bertz CT molecular complexity index is 721. The number of carbonyl (C=O) groups is 2. The molecule has 1 aliphatic heterocycles. The third kappa shape index (κ3) is 1.53.